The Bertz CT molecular complexity index is 1280. The van der Waals surface area contributed by atoms with E-state index in [0.717, 1.165) is 28.2 Å². The van der Waals surface area contributed by atoms with Crippen LogP contribution >= 0.6 is 11.3 Å². The molecular formula is C24H20F2N2O3S. The Balaban J connectivity index is 1.14. The van der Waals surface area contributed by atoms with Crippen LogP contribution in [0.5, 0.6) is 10.9 Å². The lowest BCUT2D eigenvalue weighted by Crippen LogP contribution is -2.43. The van der Waals surface area contributed by atoms with Gasteiger partial charge in [-0.15, -0.1) is 0 Å². The molecule has 4 aromatic rings. The lowest BCUT2D eigenvalue weighted by molar-refractivity contribution is -0.135. The van der Waals surface area contributed by atoms with Gasteiger partial charge in [-0.25, -0.2) is 8.78 Å². The number of amides is 1. The predicted molar refractivity (Wildman–Crippen MR) is 119 cm³/mol. The van der Waals surface area contributed by atoms with Gasteiger partial charge in [0, 0.05) is 32.0 Å². The van der Waals surface area contributed by atoms with E-state index in [9.17, 15) is 13.6 Å². The highest BCUT2D eigenvalue weighted by Crippen LogP contribution is 2.32. The van der Waals surface area contributed by atoms with Gasteiger partial charge in [-0.1, -0.05) is 41.7 Å². The molecule has 0 bridgehead atoms. The fourth-order valence-electron chi connectivity index (χ4n) is 3.85. The van der Waals surface area contributed by atoms with Crippen molar-refractivity contribution in [3.05, 3.63) is 66.2 Å². The SMILES string of the molecule is O=C(COc1ccc2ccccc2c1)N1CCC(Oc2nc3c(F)cc(F)cc3s2)CC1. The van der Waals surface area contributed by atoms with Crippen LogP contribution < -0.4 is 9.47 Å². The molecule has 32 heavy (non-hydrogen) atoms. The van der Waals surface area contributed by atoms with Gasteiger partial charge in [0.15, 0.2) is 12.4 Å². The molecule has 0 atom stereocenters. The summed E-state index contributed by atoms with van der Waals surface area (Å²) in [5.74, 6) is -0.746. The number of nitrogens with zero attached hydrogens (tertiary/aromatic N) is 2. The van der Waals surface area contributed by atoms with Crippen molar-refractivity contribution in [3.63, 3.8) is 0 Å². The standard InChI is InChI=1S/C24H20F2N2O3S/c25-17-12-20(26)23-21(13-17)32-24(27-23)31-18-7-9-28(10-8-18)22(29)14-30-19-6-5-15-3-1-2-4-16(15)11-19/h1-6,11-13,18H,7-10,14H2. The number of carbonyl (C=O) groups excluding carboxylic acids is 1. The number of thiazole rings is 1. The summed E-state index contributed by atoms with van der Waals surface area (Å²) in [7, 11) is 0. The number of carbonyl (C=O) groups is 1. The molecule has 164 valence electrons. The van der Waals surface area contributed by atoms with E-state index in [4.69, 9.17) is 9.47 Å². The van der Waals surface area contributed by atoms with Crippen molar-refractivity contribution in [2.24, 2.45) is 0 Å². The molecule has 1 aliphatic heterocycles. The van der Waals surface area contributed by atoms with Gasteiger partial charge in [-0.05, 0) is 29.0 Å². The molecule has 5 rings (SSSR count). The maximum absolute atomic E-state index is 13.8. The quantitative estimate of drug-likeness (QED) is 0.417. The van der Waals surface area contributed by atoms with E-state index in [-0.39, 0.29) is 24.1 Å². The van der Waals surface area contributed by atoms with Crippen LogP contribution in [-0.4, -0.2) is 41.6 Å². The van der Waals surface area contributed by atoms with Crippen molar-refractivity contribution in [2.45, 2.75) is 18.9 Å². The van der Waals surface area contributed by atoms with Crippen LogP contribution in [0.1, 0.15) is 12.8 Å². The first kappa shape index (κ1) is 20.6. The number of benzene rings is 3. The summed E-state index contributed by atoms with van der Waals surface area (Å²) in [6.45, 7) is 1.06. The molecule has 0 aliphatic carbocycles. The second-order valence-electron chi connectivity index (χ2n) is 7.71. The summed E-state index contributed by atoms with van der Waals surface area (Å²) >= 11 is 1.12. The minimum Gasteiger partial charge on any atom is -0.484 e. The van der Waals surface area contributed by atoms with E-state index >= 15 is 0 Å². The molecule has 1 fully saturated rings. The molecule has 0 radical (unpaired) electrons. The number of rotatable bonds is 5. The van der Waals surface area contributed by atoms with Crippen LogP contribution in [0.25, 0.3) is 21.0 Å². The van der Waals surface area contributed by atoms with E-state index < -0.39 is 11.6 Å². The number of hydrogen-bond acceptors (Lipinski definition) is 5. The summed E-state index contributed by atoms with van der Waals surface area (Å²) in [6.07, 6.45) is 1.14. The van der Waals surface area contributed by atoms with Crippen molar-refractivity contribution in [1.82, 2.24) is 9.88 Å². The Morgan fingerprint density at radius 3 is 2.66 bits per heavy atom. The second-order valence-corrected chi connectivity index (χ2v) is 8.70. The third-order valence-electron chi connectivity index (χ3n) is 5.54. The minimum atomic E-state index is -0.696. The molecular weight excluding hydrogens is 434 g/mol. The summed E-state index contributed by atoms with van der Waals surface area (Å²) < 4.78 is 39.2. The average molecular weight is 454 g/mol. The van der Waals surface area contributed by atoms with Crippen molar-refractivity contribution in [2.75, 3.05) is 19.7 Å². The zero-order chi connectivity index (χ0) is 22.1. The molecule has 0 spiro atoms. The van der Waals surface area contributed by atoms with Crippen LogP contribution in [0.3, 0.4) is 0 Å². The minimum absolute atomic E-state index is 0.0213. The van der Waals surface area contributed by atoms with Gasteiger partial charge in [-0.2, -0.15) is 4.98 Å². The normalized spacial score (nSPS) is 14.8. The number of hydrogen-bond donors (Lipinski definition) is 0. The molecule has 3 aromatic carbocycles. The fourth-order valence-corrected chi connectivity index (χ4v) is 4.77. The molecule has 1 aromatic heterocycles. The van der Waals surface area contributed by atoms with Crippen molar-refractivity contribution < 1.29 is 23.0 Å². The maximum atomic E-state index is 13.8. The molecule has 2 heterocycles. The first-order valence-electron chi connectivity index (χ1n) is 10.4. The molecule has 1 aliphatic rings. The van der Waals surface area contributed by atoms with E-state index in [2.05, 4.69) is 4.98 Å². The first-order chi connectivity index (χ1) is 15.5. The fraction of sp³-hybridized carbons (Fsp3) is 0.250. The molecule has 0 saturated carbocycles. The largest absolute Gasteiger partial charge is 0.484 e. The number of ether oxygens (including phenoxy) is 2. The summed E-state index contributed by atoms with van der Waals surface area (Å²) in [5.41, 5.74) is 0.116. The Morgan fingerprint density at radius 1 is 1.06 bits per heavy atom. The Morgan fingerprint density at radius 2 is 1.84 bits per heavy atom. The summed E-state index contributed by atoms with van der Waals surface area (Å²) in [6, 6.07) is 15.8. The first-order valence-corrected chi connectivity index (χ1v) is 11.2. The van der Waals surface area contributed by atoms with Gasteiger partial charge in [0.05, 0.1) is 4.70 Å². The lowest BCUT2D eigenvalue weighted by atomic mass is 10.1. The molecule has 0 N–H and O–H groups in total. The third-order valence-corrected chi connectivity index (χ3v) is 6.43. The highest BCUT2D eigenvalue weighted by atomic mass is 32.1. The zero-order valence-electron chi connectivity index (χ0n) is 17.1. The molecule has 0 unspecified atom stereocenters. The Hall–Kier alpha value is -3.26. The van der Waals surface area contributed by atoms with E-state index in [1.54, 1.807) is 4.90 Å². The number of halogens is 2. The Kier molecular flexibility index (Phi) is 5.61. The smallest absolute Gasteiger partial charge is 0.274 e. The van der Waals surface area contributed by atoms with Gasteiger partial charge in [0.25, 0.3) is 11.1 Å². The van der Waals surface area contributed by atoms with Crippen LogP contribution in [0.4, 0.5) is 8.78 Å². The van der Waals surface area contributed by atoms with Crippen LogP contribution in [0.2, 0.25) is 0 Å². The maximum Gasteiger partial charge on any atom is 0.274 e. The van der Waals surface area contributed by atoms with E-state index in [0.29, 0.717) is 41.6 Å². The summed E-state index contributed by atoms with van der Waals surface area (Å²) in [5, 5.41) is 2.50. The predicted octanol–water partition coefficient (Wildman–Crippen LogP) is 5.18. The van der Waals surface area contributed by atoms with E-state index in [1.807, 2.05) is 42.5 Å². The molecule has 1 saturated heterocycles. The number of fused-ring (bicyclic) bond motifs is 2. The van der Waals surface area contributed by atoms with Gasteiger partial charge < -0.3 is 14.4 Å². The molecule has 5 nitrogen and oxygen atoms in total. The molecule has 8 heteroatoms. The highest BCUT2D eigenvalue weighted by Gasteiger charge is 2.25. The van der Waals surface area contributed by atoms with Gasteiger partial charge in [0.2, 0.25) is 0 Å². The van der Waals surface area contributed by atoms with Crippen LogP contribution in [0.15, 0.2) is 54.6 Å². The van der Waals surface area contributed by atoms with Gasteiger partial charge in [0.1, 0.15) is 23.2 Å². The van der Waals surface area contributed by atoms with Crippen molar-refractivity contribution >= 4 is 38.2 Å². The van der Waals surface area contributed by atoms with E-state index in [1.165, 1.54) is 6.07 Å². The number of aromatic nitrogens is 1. The summed E-state index contributed by atoms with van der Waals surface area (Å²) in [4.78, 5) is 18.5. The van der Waals surface area contributed by atoms with Crippen molar-refractivity contribution in [1.29, 1.82) is 0 Å². The highest BCUT2D eigenvalue weighted by molar-refractivity contribution is 7.20. The lowest BCUT2D eigenvalue weighted by Gasteiger charge is -2.31. The van der Waals surface area contributed by atoms with Crippen LogP contribution in [0, 0.1) is 11.6 Å². The topological polar surface area (TPSA) is 51.7 Å². The average Bonchev–Trinajstić information content (AvgIpc) is 3.20. The zero-order valence-corrected chi connectivity index (χ0v) is 17.9. The number of piperidine rings is 1. The second kappa shape index (κ2) is 8.70. The van der Waals surface area contributed by atoms with Gasteiger partial charge in [-0.3, -0.25) is 4.79 Å². The third kappa shape index (κ3) is 4.36. The number of likely N-dealkylation sites (tertiary alicyclic amines) is 1. The Labute approximate surface area is 187 Å². The molecule has 1 amide bonds. The van der Waals surface area contributed by atoms with Crippen molar-refractivity contribution in [3.8, 4) is 10.9 Å². The van der Waals surface area contributed by atoms with Crippen LogP contribution in [-0.2, 0) is 4.79 Å². The monoisotopic (exact) mass is 454 g/mol. The van der Waals surface area contributed by atoms with Gasteiger partial charge >= 0.3 is 0 Å².